The molecule has 0 saturated heterocycles. The minimum absolute atomic E-state index is 0.263. The molecule has 6 heteroatoms. The van der Waals surface area contributed by atoms with Gasteiger partial charge in [-0.3, -0.25) is 0 Å². The molecule has 0 aliphatic rings. The molecule has 0 aliphatic heterocycles. The Balaban J connectivity index is 2.32. The van der Waals surface area contributed by atoms with Crippen molar-refractivity contribution in [2.45, 2.75) is 39.7 Å². The fourth-order valence-electron chi connectivity index (χ4n) is 2.03. The van der Waals surface area contributed by atoms with Gasteiger partial charge in [-0.25, -0.2) is 15.8 Å². The molecule has 0 aliphatic carbocycles. The van der Waals surface area contributed by atoms with Gasteiger partial charge in [0.1, 0.15) is 17.5 Å². The molecule has 2 heterocycles. The van der Waals surface area contributed by atoms with Gasteiger partial charge >= 0.3 is 0 Å². The molecule has 5 nitrogen and oxygen atoms in total. The molecule has 2 rings (SSSR count). The number of nitrogens with zero attached hydrogens (tertiary/aromatic N) is 2. The van der Waals surface area contributed by atoms with E-state index in [4.69, 9.17) is 5.84 Å². The van der Waals surface area contributed by atoms with Crippen molar-refractivity contribution in [2.75, 3.05) is 10.7 Å². The summed E-state index contributed by atoms with van der Waals surface area (Å²) in [4.78, 5) is 10.3. The van der Waals surface area contributed by atoms with Gasteiger partial charge in [0.15, 0.2) is 0 Å². The minimum Gasteiger partial charge on any atom is -0.362 e. The fourth-order valence-corrected chi connectivity index (χ4v) is 2.89. The molecule has 0 saturated carbocycles. The molecule has 0 spiro atoms. The first-order valence-electron chi connectivity index (χ1n) is 6.83. The summed E-state index contributed by atoms with van der Waals surface area (Å²) in [6, 6.07) is 4.48. The zero-order chi connectivity index (χ0) is 14.5. The summed E-state index contributed by atoms with van der Waals surface area (Å²) in [6.45, 7) is 6.17. The maximum atomic E-state index is 5.54. The standard InChI is InChI=1S/C14H21N5S/c1-4-10(11-7-6-8-20-11)16-13-9(3)14(19-15)18-12(5-2)17-13/h6-8,10H,4-5,15H2,1-3H3,(H2,16,17,18,19). The molecule has 0 amide bonds. The van der Waals surface area contributed by atoms with Gasteiger partial charge in [-0.2, -0.15) is 0 Å². The average Bonchev–Trinajstić information content (AvgIpc) is 3.00. The summed E-state index contributed by atoms with van der Waals surface area (Å²) in [5.74, 6) is 7.85. The third kappa shape index (κ3) is 3.08. The van der Waals surface area contributed by atoms with E-state index in [9.17, 15) is 0 Å². The second-order valence-corrected chi connectivity index (χ2v) is 5.56. The van der Waals surface area contributed by atoms with Crippen LogP contribution in [0.1, 0.15) is 42.6 Å². The van der Waals surface area contributed by atoms with Crippen LogP contribution in [-0.4, -0.2) is 9.97 Å². The van der Waals surface area contributed by atoms with Crippen LogP contribution in [0, 0.1) is 6.92 Å². The lowest BCUT2D eigenvalue weighted by atomic mass is 10.1. The highest BCUT2D eigenvalue weighted by Gasteiger charge is 2.15. The first kappa shape index (κ1) is 14.7. The maximum Gasteiger partial charge on any atom is 0.148 e. The molecule has 2 aromatic heterocycles. The van der Waals surface area contributed by atoms with E-state index >= 15 is 0 Å². The largest absolute Gasteiger partial charge is 0.362 e. The number of rotatable bonds is 6. The van der Waals surface area contributed by atoms with Crippen LogP contribution in [0.3, 0.4) is 0 Å². The van der Waals surface area contributed by atoms with Crippen molar-refractivity contribution in [3.63, 3.8) is 0 Å². The van der Waals surface area contributed by atoms with Crippen molar-refractivity contribution in [3.8, 4) is 0 Å². The van der Waals surface area contributed by atoms with Crippen LogP contribution in [0.4, 0.5) is 11.6 Å². The number of nitrogens with one attached hydrogen (secondary N) is 2. The van der Waals surface area contributed by atoms with Gasteiger partial charge in [0.2, 0.25) is 0 Å². The predicted octanol–water partition coefficient (Wildman–Crippen LogP) is 3.26. The van der Waals surface area contributed by atoms with E-state index in [0.717, 1.165) is 30.0 Å². The van der Waals surface area contributed by atoms with Gasteiger partial charge in [0, 0.05) is 16.9 Å². The first-order valence-corrected chi connectivity index (χ1v) is 7.71. The number of thiophene rings is 1. The Labute approximate surface area is 123 Å². The van der Waals surface area contributed by atoms with E-state index in [1.807, 2.05) is 13.8 Å². The Morgan fingerprint density at radius 1 is 1.30 bits per heavy atom. The third-order valence-electron chi connectivity index (χ3n) is 3.25. The molecule has 1 unspecified atom stereocenters. The van der Waals surface area contributed by atoms with Gasteiger partial charge in [0.25, 0.3) is 0 Å². The number of hydrogen-bond acceptors (Lipinski definition) is 6. The number of anilines is 2. The van der Waals surface area contributed by atoms with E-state index in [2.05, 4.69) is 45.1 Å². The fraction of sp³-hybridized carbons (Fsp3) is 0.429. The third-order valence-corrected chi connectivity index (χ3v) is 4.24. The second-order valence-electron chi connectivity index (χ2n) is 4.58. The summed E-state index contributed by atoms with van der Waals surface area (Å²) >= 11 is 1.75. The molecule has 0 fully saturated rings. The molecule has 1 atom stereocenters. The summed E-state index contributed by atoms with van der Waals surface area (Å²) < 4.78 is 0. The predicted molar refractivity (Wildman–Crippen MR) is 84.9 cm³/mol. The SMILES string of the molecule is CCc1nc(NN)c(C)c(NC(CC)c2cccs2)n1. The Morgan fingerprint density at radius 2 is 2.05 bits per heavy atom. The van der Waals surface area contributed by atoms with Gasteiger partial charge in [-0.1, -0.05) is 19.9 Å². The average molecular weight is 291 g/mol. The number of aryl methyl sites for hydroxylation is 1. The highest BCUT2D eigenvalue weighted by Crippen LogP contribution is 2.28. The van der Waals surface area contributed by atoms with E-state index in [-0.39, 0.29) is 6.04 Å². The lowest BCUT2D eigenvalue weighted by molar-refractivity contribution is 0.753. The molecular weight excluding hydrogens is 270 g/mol. The highest BCUT2D eigenvalue weighted by atomic mass is 32.1. The Bertz CT molecular complexity index is 553. The van der Waals surface area contributed by atoms with Crippen LogP contribution in [0.5, 0.6) is 0 Å². The number of nitrogens with two attached hydrogens (primary N) is 1. The molecule has 0 radical (unpaired) electrons. The maximum absolute atomic E-state index is 5.54. The van der Waals surface area contributed by atoms with Crippen LogP contribution in [0.15, 0.2) is 17.5 Å². The van der Waals surface area contributed by atoms with E-state index < -0.39 is 0 Å². The number of aromatic nitrogens is 2. The molecule has 20 heavy (non-hydrogen) atoms. The summed E-state index contributed by atoms with van der Waals surface area (Å²) in [7, 11) is 0. The second kappa shape index (κ2) is 6.67. The topological polar surface area (TPSA) is 75.9 Å². The molecule has 0 bridgehead atoms. The summed E-state index contributed by atoms with van der Waals surface area (Å²) in [6.07, 6.45) is 1.77. The summed E-state index contributed by atoms with van der Waals surface area (Å²) in [5.41, 5.74) is 3.59. The molecule has 108 valence electrons. The molecule has 4 N–H and O–H groups in total. The quantitative estimate of drug-likeness (QED) is 0.562. The zero-order valence-electron chi connectivity index (χ0n) is 12.1. The van der Waals surface area contributed by atoms with Gasteiger partial charge < -0.3 is 10.7 Å². The van der Waals surface area contributed by atoms with Gasteiger partial charge in [-0.05, 0) is 24.8 Å². The smallest absolute Gasteiger partial charge is 0.148 e. The number of hydrogen-bond donors (Lipinski definition) is 3. The summed E-state index contributed by atoms with van der Waals surface area (Å²) in [5, 5.41) is 5.61. The van der Waals surface area contributed by atoms with E-state index in [1.54, 1.807) is 11.3 Å². The lowest BCUT2D eigenvalue weighted by Crippen LogP contribution is -2.16. The van der Waals surface area contributed by atoms with Crippen molar-refractivity contribution in [1.29, 1.82) is 0 Å². The van der Waals surface area contributed by atoms with Crippen molar-refractivity contribution in [2.24, 2.45) is 5.84 Å². The Kier molecular flexibility index (Phi) is 4.92. The van der Waals surface area contributed by atoms with Crippen LogP contribution in [-0.2, 0) is 6.42 Å². The molecule has 0 aromatic carbocycles. The van der Waals surface area contributed by atoms with Crippen molar-refractivity contribution in [3.05, 3.63) is 33.8 Å². The Morgan fingerprint density at radius 3 is 2.60 bits per heavy atom. The van der Waals surface area contributed by atoms with Crippen LogP contribution in [0.2, 0.25) is 0 Å². The monoisotopic (exact) mass is 291 g/mol. The van der Waals surface area contributed by atoms with E-state index in [1.165, 1.54) is 4.88 Å². The van der Waals surface area contributed by atoms with Crippen molar-refractivity contribution >= 4 is 23.0 Å². The van der Waals surface area contributed by atoms with Crippen LogP contribution in [0.25, 0.3) is 0 Å². The molecular formula is C14H21N5S. The normalized spacial score (nSPS) is 12.2. The van der Waals surface area contributed by atoms with Crippen molar-refractivity contribution in [1.82, 2.24) is 9.97 Å². The van der Waals surface area contributed by atoms with Crippen LogP contribution < -0.4 is 16.6 Å². The van der Waals surface area contributed by atoms with E-state index in [0.29, 0.717) is 5.82 Å². The zero-order valence-corrected chi connectivity index (χ0v) is 12.9. The highest BCUT2D eigenvalue weighted by molar-refractivity contribution is 7.10. The number of hydrazine groups is 1. The van der Waals surface area contributed by atoms with Crippen LogP contribution >= 0.6 is 11.3 Å². The van der Waals surface area contributed by atoms with Gasteiger partial charge in [-0.15, -0.1) is 11.3 Å². The Hall–Kier alpha value is -1.66. The molecule has 2 aromatic rings. The minimum atomic E-state index is 0.263. The van der Waals surface area contributed by atoms with Gasteiger partial charge in [0.05, 0.1) is 6.04 Å². The first-order chi connectivity index (χ1) is 9.69. The van der Waals surface area contributed by atoms with Crippen molar-refractivity contribution < 1.29 is 0 Å². The lowest BCUT2D eigenvalue weighted by Gasteiger charge is -2.19. The number of nitrogen functional groups attached to an aromatic ring is 1.